The Morgan fingerprint density at radius 2 is 2.03 bits per heavy atom. The smallest absolute Gasteiger partial charge is 0.330 e. The summed E-state index contributed by atoms with van der Waals surface area (Å²) in [6.07, 6.45) is 9.28. The van der Waals surface area contributed by atoms with Gasteiger partial charge in [0, 0.05) is 63.2 Å². The number of likely N-dealkylation sites (tertiary alicyclic amines) is 1. The molecule has 11 heteroatoms. The number of amides is 2. The van der Waals surface area contributed by atoms with Crippen LogP contribution in [0, 0.1) is 5.92 Å². The van der Waals surface area contributed by atoms with E-state index in [1.165, 1.54) is 20.2 Å². The monoisotopic (exact) mass is 432 g/mol. The van der Waals surface area contributed by atoms with Crippen molar-refractivity contribution in [2.24, 2.45) is 18.0 Å². The highest BCUT2D eigenvalue weighted by atomic mass is 16.5. The van der Waals surface area contributed by atoms with Gasteiger partial charge in [-0.15, -0.1) is 0 Å². The van der Waals surface area contributed by atoms with Crippen LogP contribution in [0.4, 0.5) is 4.79 Å². The summed E-state index contributed by atoms with van der Waals surface area (Å²) in [4.78, 5) is 40.5. The van der Waals surface area contributed by atoms with Crippen LogP contribution < -0.4 is 10.6 Å². The maximum absolute atomic E-state index is 12.5. The van der Waals surface area contributed by atoms with Gasteiger partial charge in [-0.1, -0.05) is 0 Å². The van der Waals surface area contributed by atoms with Crippen molar-refractivity contribution in [2.45, 2.75) is 19.3 Å². The average molecular weight is 432 g/mol. The lowest BCUT2D eigenvalue weighted by Gasteiger charge is -2.31. The Morgan fingerprint density at radius 3 is 2.58 bits per heavy atom. The largest absolute Gasteiger partial charge is 0.481 e. The average Bonchev–Trinajstić information content (AvgIpc) is 3.18. The van der Waals surface area contributed by atoms with E-state index >= 15 is 0 Å². The van der Waals surface area contributed by atoms with Gasteiger partial charge in [0.15, 0.2) is 0 Å². The number of aryl methyl sites for hydroxylation is 1. The molecule has 1 aliphatic rings. The number of allylic oxidation sites excluding steroid dienone is 2. The molecule has 0 radical (unpaired) electrons. The van der Waals surface area contributed by atoms with Crippen molar-refractivity contribution in [3.05, 3.63) is 36.3 Å². The van der Waals surface area contributed by atoms with Crippen molar-refractivity contribution in [3.63, 3.8) is 0 Å². The van der Waals surface area contributed by atoms with Gasteiger partial charge in [-0.25, -0.2) is 9.59 Å². The number of hydrogen-bond acceptors (Lipinski definition) is 6. The fraction of sp³-hybridized carbons (Fsp3) is 0.450. The lowest BCUT2D eigenvalue weighted by Crippen LogP contribution is -2.49. The van der Waals surface area contributed by atoms with Crippen molar-refractivity contribution in [1.29, 1.82) is 0 Å². The summed E-state index contributed by atoms with van der Waals surface area (Å²) in [7, 11) is 4.60. The zero-order valence-electron chi connectivity index (χ0n) is 17.9. The maximum atomic E-state index is 12.5. The maximum Gasteiger partial charge on any atom is 0.330 e. The number of carbonyl (C=O) groups excluding carboxylic acids is 2. The number of carboxylic acid groups (broad SMARTS) is 1. The lowest BCUT2D eigenvalue weighted by atomic mass is 9.94. The van der Waals surface area contributed by atoms with E-state index in [9.17, 15) is 14.4 Å². The predicted molar refractivity (Wildman–Crippen MR) is 114 cm³/mol. The van der Waals surface area contributed by atoms with Crippen molar-refractivity contribution < 1.29 is 24.2 Å². The second kappa shape index (κ2) is 11.5. The molecule has 0 atom stereocenters. The molecule has 0 bridgehead atoms. The number of guanidine groups is 1. The number of aliphatic imine (C=N–C) groups is 1. The summed E-state index contributed by atoms with van der Waals surface area (Å²) in [5.41, 5.74) is 1.38. The van der Waals surface area contributed by atoms with Gasteiger partial charge >= 0.3 is 18.0 Å². The van der Waals surface area contributed by atoms with E-state index in [1.54, 1.807) is 41.3 Å². The third-order valence-corrected chi connectivity index (χ3v) is 4.82. The number of aliphatic carboxylic acids is 1. The Hall–Kier alpha value is -3.63. The molecular weight excluding hydrogens is 404 g/mol. The van der Waals surface area contributed by atoms with Crippen molar-refractivity contribution in [2.75, 3.05) is 27.2 Å². The number of hydrogen-bond donors (Lipinski definition) is 3. The van der Waals surface area contributed by atoms with Gasteiger partial charge < -0.3 is 20.1 Å². The highest BCUT2D eigenvalue weighted by molar-refractivity contribution is 5.97. The number of nitrogens with zero attached hydrogens (tertiary/aromatic N) is 4. The Kier molecular flexibility index (Phi) is 8.79. The minimum absolute atomic E-state index is 0.0885. The zero-order valence-corrected chi connectivity index (χ0v) is 17.9. The quantitative estimate of drug-likeness (QED) is 0.200. The fourth-order valence-corrected chi connectivity index (χ4v) is 3.09. The predicted octanol–water partition coefficient (Wildman–Crippen LogP) is 0.962. The molecule has 2 rings (SSSR count). The summed E-state index contributed by atoms with van der Waals surface area (Å²) in [6.45, 7) is 0.971. The second-order valence-electron chi connectivity index (χ2n) is 7.03. The Labute approximate surface area is 180 Å². The number of rotatable bonds is 6. The molecule has 1 aromatic heterocycles. The SMILES string of the molecule is CN=C(N/C=C(/C=C\C(=O)OC)c1cnn(C)c1)NC(=O)N1CCC(CC(=O)O)CC1. The Morgan fingerprint density at radius 1 is 1.32 bits per heavy atom. The molecule has 1 aromatic rings. The van der Waals surface area contributed by atoms with Crippen LogP contribution in [0.1, 0.15) is 24.8 Å². The second-order valence-corrected chi connectivity index (χ2v) is 7.03. The van der Waals surface area contributed by atoms with Crippen molar-refractivity contribution in [3.8, 4) is 0 Å². The van der Waals surface area contributed by atoms with Gasteiger partial charge in [-0.2, -0.15) is 5.10 Å². The van der Waals surface area contributed by atoms with E-state index in [-0.39, 0.29) is 24.3 Å². The minimum atomic E-state index is -0.815. The molecule has 1 aliphatic heterocycles. The summed E-state index contributed by atoms with van der Waals surface area (Å²) < 4.78 is 6.25. The number of nitrogens with one attached hydrogen (secondary N) is 2. The number of urea groups is 1. The van der Waals surface area contributed by atoms with Crippen LogP contribution in [0.15, 0.2) is 35.7 Å². The molecule has 0 aromatic carbocycles. The highest BCUT2D eigenvalue weighted by Gasteiger charge is 2.24. The normalized spacial score (nSPS) is 15.8. The molecule has 0 spiro atoms. The van der Waals surface area contributed by atoms with Gasteiger partial charge in [0.25, 0.3) is 0 Å². The molecule has 2 amide bonds. The molecule has 11 nitrogen and oxygen atoms in total. The first-order valence-corrected chi connectivity index (χ1v) is 9.78. The number of esters is 1. The summed E-state index contributed by atoms with van der Waals surface area (Å²) >= 11 is 0. The van der Waals surface area contributed by atoms with Crippen LogP contribution in [0.25, 0.3) is 5.57 Å². The lowest BCUT2D eigenvalue weighted by molar-refractivity contribution is -0.138. The number of piperidine rings is 1. The molecule has 1 fully saturated rings. The topological polar surface area (TPSA) is 138 Å². The van der Waals surface area contributed by atoms with Crippen LogP contribution >= 0.6 is 0 Å². The van der Waals surface area contributed by atoms with E-state index in [1.807, 2.05) is 0 Å². The van der Waals surface area contributed by atoms with Crippen LogP contribution in [0.5, 0.6) is 0 Å². The van der Waals surface area contributed by atoms with Crippen LogP contribution in [0.3, 0.4) is 0 Å². The fourth-order valence-electron chi connectivity index (χ4n) is 3.09. The van der Waals surface area contributed by atoms with Crippen LogP contribution in [-0.4, -0.2) is 71.0 Å². The molecule has 168 valence electrons. The van der Waals surface area contributed by atoms with Crippen LogP contribution in [-0.2, 0) is 21.4 Å². The third kappa shape index (κ3) is 7.61. The van der Waals surface area contributed by atoms with Gasteiger partial charge in [-0.3, -0.25) is 19.8 Å². The number of carbonyl (C=O) groups is 3. The van der Waals surface area contributed by atoms with Gasteiger partial charge in [-0.05, 0) is 24.8 Å². The summed E-state index contributed by atoms with van der Waals surface area (Å²) in [5.74, 6) is -1.00. The summed E-state index contributed by atoms with van der Waals surface area (Å²) in [6, 6.07) is -0.316. The minimum Gasteiger partial charge on any atom is -0.481 e. The molecule has 0 unspecified atom stereocenters. The Balaban J connectivity index is 2.00. The number of methoxy groups -OCH3 is 1. The number of carboxylic acids is 1. The molecule has 0 saturated carbocycles. The first kappa shape index (κ1) is 23.6. The van der Waals surface area contributed by atoms with Gasteiger partial charge in [0.1, 0.15) is 0 Å². The van der Waals surface area contributed by atoms with E-state index in [2.05, 4.69) is 25.5 Å². The van der Waals surface area contributed by atoms with Gasteiger partial charge in [0.2, 0.25) is 5.96 Å². The first-order chi connectivity index (χ1) is 14.8. The van der Waals surface area contributed by atoms with E-state index in [4.69, 9.17) is 5.11 Å². The van der Waals surface area contributed by atoms with E-state index < -0.39 is 11.9 Å². The molecular formula is C20H28N6O5. The summed E-state index contributed by atoms with van der Waals surface area (Å²) in [5, 5.41) is 18.7. The van der Waals surface area contributed by atoms with E-state index in [0.29, 0.717) is 31.5 Å². The highest BCUT2D eigenvalue weighted by Crippen LogP contribution is 2.20. The number of aromatic nitrogens is 2. The first-order valence-electron chi connectivity index (χ1n) is 9.78. The zero-order chi connectivity index (χ0) is 22.8. The molecule has 0 aliphatic carbocycles. The van der Waals surface area contributed by atoms with Crippen LogP contribution in [0.2, 0.25) is 0 Å². The molecule has 3 N–H and O–H groups in total. The molecule has 31 heavy (non-hydrogen) atoms. The standard InChI is InChI=1S/C20H28N6O5/c1-21-19(24-20(30)26-8-6-14(7-9-26)10-17(27)28)22-11-15(4-5-18(29)31-3)16-12-23-25(2)13-16/h4-5,11-14H,6-10H2,1-3H3,(H,27,28)(H2,21,22,24,30)/b5-4-,15-11-. The molecule has 2 heterocycles. The molecule has 1 saturated heterocycles. The van der Waals surface area contributed by atoms with Crippen molar-refractivity contribution >= 4 is 29.5 Å². The van der Waals surface area contributed by atoms with Gasteiger partial charge in [0.05, 0.1) is 13.3 Å². The number of ether oxygens (including phenoxy) is 1. The van der Waals surface area contributed by atoms with E-state index in [0.717, 1.165) is 5.56 Å². The third-order valence-electron chi connectivity index (χ3n) is 4.82. The Bertz CT molecular complexity index is 880. The van der Waals surface area contributed by atoms with Crippen molar-refractivity contribution in [1.82, 2.24) is 25.3 Å².